The number of fused-ring (bicyclic) bond motifs is 4. The maximum atomic E-state index is 13.0. The van der Waals surface area contributed by atoms with Gasteiger partial charge in [-0.1, -0.05) is 0 Å². The van der Waals surface area contributed by atoms with Gasteiger partial charge in [-0.2, -0.15) is 0 Å². The Bertz CT molecular complexity index is 926. The molecule has 0 unspecified atom stereocenters. The molecule has 2 bridgehead atoms. The van der Waals surface area contributed by atoms with Gasteiger partial charge >= 0.3 is 0 Å². The number of carbonyl (C=O) groups is 2. The highest BCUT2D eigenvalue weighted by Gasteiger charge is 2.40. The fraction of sp³-hybridized carbons (Fsp3) is 0.591. The third kappa shape index (κ3) is 3.44. The Morgan fingerprint density at radius 2 is 1.90 bits per heavy atom. The van der Waals surface area contributed by atoms with Crippen molar-refractivity contribution in [2.45, 2.75) is 51.1 Å². The molecule has 29 heavy (non-hydrogen) atoms. The number of hydrogen-bond donors (Lipinski definition) is 1. The average Bonchev–Trinajstić information content (AvgIpc) is 3.20. The van der Waals surface area contributed by atoms with Gasteiger partial charge in [-0.3, -0.25) is 14.5 Å². The van der Waals surface area contributed by atoms with Gasteiger partial charge in [-0.15, -0.1) is 11.3 Å². The number of thiophene rings is 1. The number of amides is 2. The van der Waals surface area contributed by atoms with E-state index >= 15 is 0 Å². The maximum absolute atomic E-state index is 13.0. The van der Waals surface area contributed by atoms with Crippen LogP contribution in [0.4, 0.5) is 0 Å². The molecule has 4 aliphatic rings. The number of rotatable bonds is 3. The molecule has 0 radical (unpaired) electrons. The SMILES string of the molecule is C[C@H]1[C@H](NC(=O)c2cc3c(C(=O)N4CCCCC4)csc3cn2)C2CCN1CC2. The number of hydrogen-bond acceptors (Lipinski definition) is 5. The fourth-order valence-corrected chi connectivity index (χ4v) is 6.14. The number of aromatic nitrogens is 1. The van der Waals surface area contributed by atoms with E-state index in [1.807, 2.05) is 16.3 Å². The molecule has 6 nitrogen and oxygen atoms in total. The standard InChI is InChI=1S/C22H28N4O2S/c1-14-20(15-5-9-25(14)10-6-15)24-21(27)18-11-16-17(13-29-19(16)12-23-18)22(28)26-7-3-2-4-8-26/h11-15,20H,2-10H2,1H3,(H,24,27)/t14-,20-/m0/s1. The largest absolute Gasteiger partial charge is 0.346 e. The molecule has 154 valence electrons. The number of nitrogens with zero attached hydrogens (tertiary/aromatic N) is 3. The van der Waals surface area contributed by atoms with Crippen molar-refractivity contribution in [2.24, 2.45) is 5.92 Å². The van der Waals surface area contributed by atoms with Gasteiger partial charge in [0.15, 0.2) is 0 Å². The van der Waals surface area contributed by atoms with Crippen molar-refractivity contribution in [3.63, 3.8) is 0 Å². The van der Waals surface area contributed by atoms with E-state index in [1.165, 1.54) is 17.8 Å². The van der Waals surface area contributed by atoms with E-state index in [1.54, 1.807) is 6.20 Å². The number of carbonyl (C=O) groups excluding carboxylic acids is 2. The Kier molecular flexibility index (Phi) is 5.04. The van der Waals surface area contributed by atoms with Crippen LogP contribution in [-0.4, -0.2) is 64.9 Å². The minimum atomic E-state index is -0.125. The summed E-state index contributed by atoms with van der Waals surface area (Å²) in [6.45, 7) is 6.14. The molecule has 1 N–H and O–H groups in total. The predicted octanol–water partition coefficient (Wildman–Crippen LogP) is 3.13. The predicted molar refractivity (Wildman–Crippen MR) is 114 cm³/mol. The molecule has 0 aromatic carbocycles. The van der Waals surface area contributed by atoms with Crippen LogP contribution in [0.2, 0.25) is 0 Å². The van der Waals surface area contributed by atoms with E-state index in [4.69, 9.17) is 0 Å². The van der Waals surface area contributed by atoms with E-state index < -0.39 is 0 Å². The first-order valence-electron chi connectivity index (χ1n) is 10.8. The van der Waals surface area contributed by atoms with Crippen LogP contribution in [0.3, 0.4) is 0 Å². The summed E-state index contributed by atoms with van der Waals surface area (Å²) in [6, 6.07) is 2.36. The molecule has 0 spiro atoms. The highest BCUT2D eigenvalue weighted by Crippen LogP contribution is 2.32. The van der Waals surface area contributed by atoms with Crippen LogP contribution in [0, 0.1) is 5.92 Å². The number of piperidine rings is 4. The van der Waals surface area contributed by atoms with E-state index in [0.29, 0.717) is 23.2 Å². The summed E-state index contributed by atoms with van der Waals surface area (Å²) >= 11 is 1.52. The van der Waals surface area contributed by atoms with Crippen LogP contribution >= 0.6 is 11.3 Å². The molecule has 2 aromatic heterocycles. The lowest BCUT2D eigenvalue weighted by atomic mass is 9.79. The summed E-state index contributed by atoms with van der Waals surface area (Å²) in [7, 11) is 0. The van der Waals surface area contributed by atoms with Gasteiger partial charge in [-0.05, 0) is 64.1 Å². The Morgan fingerprint density at radius 3 is 2.62 bits per heavy atom. The first-order valence-corrected chi connectivity index (χ1v) is 11.7. The summed E-state index contributed by atoms with van der Waals surface area (Å²) in [5.41, 5.74) is 1.12. The molecule has 4 saturated heterocycles. The molecular formula is C22H28N4O2S. The van der Waals surface area contributed by atoms with Crippen LogP contribution in [0.1, 0.15) is 59.9 Å². The van der Waals surface area contributed by atoms with Crippen LogP contribution in [0.15, 0.2) is 17.6 Å². The third-order valence-corrected chi connectivity index (χ3v) is 7.98. The first kappa shape index (κ1) is 19.0. The number of pyridine rings is 1. The van der Waals surface area contributed by atoms with E-state index in [0.717, 1.165) is 61.9 Å². The normalized spacial score (nSPS) is 29.2. The van der Waals surface area contributed by atoms with E-state index in [9.17, 15) is 9.59 Å². The lowest BCUT2D eigenvalue weighted by Crippen LogP contribution is -2.62. The third-order valence-electron chi connectivity index (χ3n) is 7.04. The average molecular weight is 413 g/mol. The van der Waals surface area contributed by atoms with Gasteiger partial charge in [0.1, 0.15) is 5.69 Å². The van der Waals surface area contributed by atoms with Crippen LogP contribution in [0.5, 0.6) is 0 Å². The quantitative estimate of drug-likeness (QED) is 0.841. The second-order valence-corrected chi connectivity index (χ2v) is 9.59. The van der Waals surface area contributed by atoms with Crippen molar-refractivity contribution in [3.8, 4) is 0 Å². The fourth-order valence-electron chi connectivity index (χ4n) is 5.26. The molecule has 2 atom stereocenters. The molecule has 2 amide bonds. The van der Waals surface area contributed by atoms with Crippen molar-refractivity contribution in [2.75, 3.05) is 26.2 Å². The summed E-state index contributed by atoms with van der Waals surface area (Å²) in [6.07, 6.45) is 7.38. The second-order valence-electron chi connectivity index (χ2n) is 8.68. The number of likely N-dealkylation sites (tertiary alicyclic amines) is 1. The van der Waals surface area contributed by atoms with Crippen molar-refractivity contribution in [3.05, 3.63) is 28.9 Å². The zero-order valence-corrected chi connectivity index (χ0v) is 17.7. The molecule has 4 fully saturated rings. The zero-order valence-electron chi connectivity index (χ0n) is 16.9. The molecule has 6 heterocycles. The molecule has 7 heteroatoms. The molecular weight excluding hydrogens is 384 g/mol. The van der Waals surface area contributed by atoms with Crippen molar-refractivity contribution in [1.82, 2.24) is 20.1 Å². The molecule has 6 rings (SSSR count). The smallest absolute Gasteiger partial charge is 0.270 e. The highest BCUT2D eigenvalue weighted by atomic mass is 32.1. The first-order chi connectivity index (χ1) is 14.1. The van der Waals surface area contributed by atoms with Crippen molar-refractivity contribution in [1.29, 1.82) is 0 Å². The van der Waals surface area contributed by atoms with Gasteiger partial charge in [-0.25, -0.2) is 4.98 Å². The van der Waals surface area contributed by atoms with Crippen LogP contribution in [-0.2, 0) is 0 Å². The van der Waals surface area contributed by atoms with Gasteiger partial charge < -0.3 is 10.2 Å². The Hall–Kier alpha value is -1.99. The van der Waals surface area contributed by atoms with E-state index in [-0.39, 0.29) is 17.9 Å². The van der Waals surface area contributed by atoms with Crippen LogP contribution in [0.25, 0.3) is 10.1 Å². The molecule has 4 aliphatic heterocycles. The van der Waals surface area contributed by atoms with Gasteiger partial charge in [0.2, 0.25) is 0 Å². The number of nitrogens with one attached hydrogen (secondary N) is 1. The van der Waals surface area contributed by atoms with Gasteiger partial charge in [0.05, 0.1) is 10.3 Å². The summed E-state index contributed by atoms with van der Waals surface area (Å²) < 4.78 is 0.957. The minimum Gasteiger partial charge on any atom is -0.346 e. The monoisotopic (exact) mass is 412 g/mol. The lowest BCUT2D eigenvalue weighted by Gasteiger charge is -2.49. The maximum Gasteiger partial charge on any atom is 0.270 e. The van der Waals surface area contributed by atoms with Crippen LogP contribution < -0.4 is 5.32 Å². The van der Waals surface area contributed by atoms with Crippen molar-refractivity contribution < 1.29 is 9.59 Å². The van der Waals surface area contributed by atoms with Gasteiger partial charge in [0.25, 0.3) is 11.8 Å². The summed E-state index contributed by atoms with van der Waals surface area (Å²) in [5, 5.41) is 6.02. The van der Waals surface area contributed by atoms with Gasteiger partial charge in [0, 0.05) is 42.1 Å². The molecule has 2 aromatic rings. The highest BCUT2D eigenvalue weighted by molar-refractivity contribution is 7.17. The molecule has 0 aliphatic carbocycles. The Balaban J connectivity index is 1.38. The molecule has 0 saturated carbocycles. The Labute approximate surface area is 175 Å². The summed E-state index contributed by atoms with van der Waals surface area (Å²) in [4.78, 5) is 34.8. The Morgan fingerprint density at radius 1 is 1.14 bits per heavy atom. The second kappa shape index (κ2) is 7.69. The summed E-state index contributed by atoms with van der Waals surface area (Å²) in [5.74, 6) is 0.514. The topological polar surface area (TPSA) is 65.5 Å². The van der Waals surface area contributed by atoms with Crippen molar-refractivity contribution >= 4 is 33.2 Å². The van der Waals surface area contributed by atoms with E-state index in [2.05, 4.69) is 22.1 Å². The lowest BCUT2D eigenvalue weighted by molar-refractivity contribution is 0.0216. The minimum absolute atomic E-state index is 0.0829. The zero-order chi connectivity index (χ0) is 20.0.